The van der Waals surface area contributed by atoms with Gasteiger partial charge in [0.1, 0.15) is 22.2 Å². The summed E-state index contributed by atoms with van der Waals surface area (Å²) in [5.74, 6) is -1.97. The molecule has 1 aromatic carbocycles. The third-order valence-corrected chi connectivity index (χ3v) is 6.50. The number of carbonyl (C=O) groups excluding carboxylic acids is 3. The minimum Gasteiger partial charge on any atom is -0.464 e. The Morgan fingerprint density at radius 3 is 2.46 bits per heavy atom. The average Bonchev–Trinajstić information content (AvgIpc) is 3.39. The molecule has 0 radical (unpaired) electrons. The standard InChI is InChI=1S/C24H28FN5O4S/c1-5-24(3,4)28-22(32)19(16-11-10-13(2)34-16)30(12-14-8-6-7-9-15(14)25)23(33)20-17(26)18(21(27)31)29-35-20/h6-11,19H,5,12,26H2,1-4H3,(H2,27,31)(H,28,32). The average molecular weight is 502 g/mol. The summed E-state index contributed by atoms with van der Waals surface area (Å²) in [6, 6.07) is 7.91. The molecule has 1 atom stereocenters. The van der Waals surface area contributed by atoms with Crippen molar-refractivity contribution in [3.8, 4) is 0 Å². The van der Waals surface area contributed by atoms with Gasteiger partial charge < -0.3 is 26.1 Å². The van der Waals surface area contributed by atoms with Crippen molar-refractivity contribution in [2.24, 2.45) is 5.73 Å². The smallest absolute Gasteiger partial charge is 0.270 e. The van der Waals surface area contributed by atoms with Gasteiger partial charge in [-0.2, -0.15) is 4.37 Å². The van der Waals surface area contributed by atoms with E-state index in [1.807, 2.05) is 20.8 Å². The van der Waals surface area contributed by atoms with Crippen molar-refractivity contribution in [1.29, 1.82) is 0 Å². The van der Waals surface area contributed by atoms with E-state index in [2.05, 4.69) is 9.69 Å². The maximum atomic E-state index is 14.6. The summed E-state index contributed by atoms with van der Waals surface area (Å²) in [6.07, 6.45) is 0.619. The third-order valence-electron chi connectivity index (χ3n) is 5.65. The minimum atomic E-state index is -1.26. The SMILES string of the molecule is CCC(C)(C)NC(=O)C(c1ccc(C)o1)N(Cc1ccccc1F)C(=O)c1snc(C(N)=O)c1N. The fraction of sp³-hybridized carbons (Fsp3) is 0.333. The molecule has 5 N–H and O–H groups in total. The van der Waals surface area contributed by atoms with E-state index in [0.717, 1.165) is 4.90 Å². The highest BCUT2D eigenvalue weighted by Crippen LogP contribution is 2.32. The lowest BCUT2D eigenvalue weighted by molar-refractivity contribution is -0.128. The lowest BCUT2D eigenvalue weighted by Gasteiger charge is -2.33. The zero-order valence-electron chi connectivity index (χ0n) is 19.9. The topological polar surface area (TPSA) is 145 Å². The Kier molecular flexibility index (Phi) is 7.59. The molecule has 0 bridgehead atoms. The highest BCUT2D eigenvalue weighted by atomic mass is 32.1. The van der Waals surface area contributed by atoms with Gasteiger partial charge in [-0.15, -0.1) is 0 Å². The predicted molar refractivity (Wildman–Crippen MR) is 130 cm³/mol. The van der Waals surface area contributed by atoms with Crippen molar-refractivity contribution < 1.29 is 23.2 Å². The number of aryl methyl sites for hydroxylation is 1. The first-order valence-corrected chi connectivity index (χ1v) is 11.7. The number of rotatable bonds is 9. The van der Waals surface area contributed by atoms with Gasteiger partial charge in [0.2, 0.25) is 0 Å². The van der Waals surface area contributed by atoms with Crippen LogP contribution in [0.3, 0.4) is 0 Å². The van der Waals surface area contributed by atoms with E-state index in [1.165, 1.54) is 18.2 Å². The molecule has 186 valence electrons. The van der Waals surface area contributed by atoms with Gasteiger partial charge in [0, 0.05) is 11.1 Å². The quantitative estimate of drug-likeness (QED) is 0.409. The number of primary amides is 1. The van der Waals surface area contributed by atoms with Gasteiger partial charge in [-0.05, 0) is 56.9 Å². The lowest BCUT2D eigenvalue weighted by Crippen LogP contribution is -2.50. The molecule has 0 saturated heterocycles. The Balaban J connectivity index is 2.16. The molecule has 0 spiro atoms. The highest BCUT2D eigenvalue weighted by molar-refractivity contribution is 7.09. The minimum absolute atomic E-state index is 0.0917. The second kappa shape index (κ2) is 10.3. The second-order valence-corrected chi connectivity index (χ2v) is 9.51. The maximum Gasteiger partial charge on any atom is 0.270 e. The number of hydrogen-bond donors (Lipinski definition) is 3. The second-order valence-electron chi connectivity index (χ2n) is 8.74. The number of carbonyl (C=O) groups is 3. The van der Waals surface area contributed by atoms with Gasteiger partial charge >= 0.3 is 0 Å². The first kappa shape index (κ1) is 25.9. The van der Waals surface area contributed by atoms with Crippen molar-refractivity contribution in [2.75, 3.05) is 5.73 Å². The van der Waals surface area contributed by atoms with E-state index in [1.54, 1.807) is 25.1 Å². The number of benzene rings is 1. The Bertz CT molecular complexity index is 1250. The number of halogens is 1. The summed E-state index contributed by atoms with van der Waals surface area (Å²) in [4.78, 5) is 40.1. The molecular formula is C24H28FN5O4S. The highest BCUT2D eigenvalue weighted by Gasteiger charge is 2.38. The number of nitrogens with zero attached hydrogens (tertiary/aromatic N) is 2. The molecule has 0 aliphatic carbocycles. The van der Waals surface area contributed by atoms with Crippen LogP contribution in [0.4, 0.5) is 10.1 Å². The third kappa shape index (κ3) is 5.68. The van der Waals surface area contributed by atoms with Crippen LogP contribution in [0.5, 0.6) is 0 Å². The van der Waals surface area contributed by atoms with Crippen LogP contribution >= 0.6 is 11.5 Å². The van der Waals surface area contributed by atoms with E-state index < -0.39 is 35.1 Å². The fourth-order valence-corrected chi connectivity index (χ4v) is 4.13. The van der Waals surface area contributed by atoms with Crippen molar-refractivity contribution in [1.82, 2.24) is 14.6 Å². The monoisotopic (exact) mass is 501 g/mol. The number of anilines is 1. The van der Waals surface area contributed by atoms with Gasteiger partial charge in [0.05, 0.1) is 12.2 Å². The summed E-state index contributed by atoms with van der Waals surface area (Å²) in [6.45, 7) is 7.03. The Labute approximate surface area is 206 Å². The number of furan rings is 1. The number of nitrogen functional groups attached to an aromatic ring is 1. The molecule has 0 fully saturated rings. The molecule has 3 rings (SSSR count). The number of amides is 3. The first-order chi connectivity index (χ1) is 16.4. The zero-order valence-corrected chi connectivity index (χ0v) is 20.7. The predicted octanol–water partition coefficient (Wildman–Crippen LogP) is 3.55. The summed E-state index contributed by atoms with van der Waals surface area (Å²) >= 11 is 0.680. The molecule has 0 aliphatic rings. The van der Waals surface area contributed by atoms with E-state index in [-0.39, 0.29) is 34.1 Å². The largest absolute Gasteiger partial charge is 0.464 e. The van der Waals surface area contributed by atoms with Crippen LogP contribution in [0.25, 0.3) is 0 Å². The number of hydrogen-bond acceptors (Lipinski definition) is 7. The van der Waals surface area contributed by atoms with Crippen LogP contribution in [-0.4, -0.2) is 32.5 Å². The van der Waals surface area contributed by atoms with Crippen LogP contribution in [0.15, 0.2) is 40.8 Å². The molecule has 3 amide bonds. The Hall–Kier alpha value is -3.73. The summed E-state index contributed by atoms with van der Waals surface area (Å²) < 4.78 is 24.3. The van der Waals surface area contributed by atoms with Crippen molar-refractivity contribution in [3.63, 3.8) is 0 Å². The molecule has 11 heteroatoms. The lowest BCUT2D eigenvalue weighted by atomic mass is 10.0. The fourth-order valence-electron chi connectivity index (χ4n) is 3.37. The van der Waals surface area contributed by atoms with Gasteiger partial charge in [0.25, 0.3) is 17.7 Å². The Morgan fingerprint density at radius 2 is 1.91 bits per heavy atom. The normalized spacial score (nSPS) is 12.3. The van der Waals surface area contributed by atoms with Crippen LogP contribution < -0.4 is 16.8 Å². The molecule has 3 aromatic rings. The first-order valence-electron chi connectivity index (χ1n) is 10.9. The van der Waals surface area contributed by atoms with E-state index >= 15 is 0 Å². The molecule has 35 heavy (non-hydrogen) atoms. The zero-order chi connectivity index (χ0) is 25.9. The van der Waals surface area contributed by atoms with Crippen LogP contribution in [0, 0.1) is 12.7 Å². The molecule has 2 heterocycles. The summed E-state index contributed by atoms with van der Waals surface area (Å²) in [5.41, 5.74) is 10.5. The molecule has 0 saturated carbocycles. The van der Waals surface area contributed by atoms with Crippen LogP contribution in [-0.2, 0) is 11.3 Å². The molecular weight excluding hydrogens is 473 g/mol. The van der Waals surface area contributed by atoms with E-state index in [0.29, 0.717) is 23.7 Å². The molecule has 2 aromatic heterocycles. The molecule has 1 unspecified atom stereocenters. The summed E-state index contributed by atoms with van der Waals surface area (Å²) in [5, 5.41) is 2.93. The Morgan fingerprint density at radius 1 is 1.23 bits per heavy atom. The van der Waals surface area contributed by atoms with E-state index in [9.17, 15) is 18.8 Å². The van der Waals surface area contributed by atoms with Gasteiger partial charge in [-0.1, -0.05) is 25.1 Å². The van der Waals surface area contributed by atoms with Crippen LogP contribution in [0.1, 0.15) is 70.5 Å². The van der Waals surface area contributed by atoms with Crippen molar-refractivity contribution in [3.05, 3.63) is 69.9 Å². The summed E-state index contributed by atoms with van der Waals surface area (Å²) in [7, 11) is 0. The van der Waals surface area contributed by atoms with Gasteiger partial charge in [-0.3, -0.25) is 14.4 Å². The van der Waals surface area contributed by atoms with Crippen LogP contribution in [0.2, 0.25) is 0 Å². The number of nitrogens with one attached hydrogen (secondary N) is 1. The number of aromatic nitrogens is 1. The van der Waals surface area contributed by atoms with Gasteiger partial charge in [0.15, 0.2) is 11.7 Å². The van der Waals surface area contributed by atoms with E-state index in [4.69, 9.17) is 15.9 Å². The molecule has 0 aliphatic heterocycles. The number of nitrogens with two attached hydrogens (primary N) is 2. The maximum absolute atomic E-state index is 14.6. The van der Waals surface area contributed by atoms with Crippen molar-refractivity contribution in [2.45, 2.75) is 52.2 Å². The van der Waals surface area contributed by atoms with Crippen molar-refractivity contribution >= 4 is 34.9 Å². The molecule has 9 nitrogen and oxygen atoms in total. The van der Waals surface area contributed by atoms with Gasteiger partial charge in [-0.25, -0.2) is 4.39 Å².